The Morgan fingerprint density at radius 1 is 1.03 bits per heavy atom. The zero-order valence-electron chi connectivity index (χ0n) is 16.4. The quantitative estimate of drug-likeness (QED) is 0.477. The fraction of sp³-hybridized carbons (Fsp3) is 0.130. The molecule has 0 fully saturated rings. The molecule has 0 aliphatic heterocycles. The van der Waals surface area contributed by atoms with Crippen LogP contribution in [0.3, 0.4) is 0 Å². The van der Waals surface area contributed by atoms with Crippen molar-refractivity contribution in [2.45, 2.75) is 20.4 Å². The molecule has 0 aliphatic carbocycles. The van der Waals surface area contributed by atoms with Crippen LogP contribution < -0.4 is 11.1 Å². The van der Waals surface area contributed by atoms with Gasteiger partial charge in [-0.2, -0.15) is 5.10 Å². The minimum Gasteiger partial charge on any atom is -0.397 e. The van der Waals surface area contributed by atoms with Gasteiger partial charge in [-0.05, 0) is 42.0 Å². The topological polar surface area (TPSA) is 72.9 Å². The van der Waals surface area contributed by atoms with E-state index in [0.29, 0.717) is 34.4 Å². The second-order valence-electron chi connectivity index (χ2n) is 6.24. The van der Waals surface area contributed by atoms with Crippen molar-refractivity contribution in [3.05, 3.63) is 89.9 Å². The molecule has 148 valence electrons. The highest BCUT2D eigenvalue weighted by molar-refractivity contribution is 6.05. The van der Waals surface area contributed by atoms with Crippen LogP contribution in [0.1, 0.15) is 29.8 Å². The Balaban J connectivity index is 0.00000117. The highest BCUT2D eigenvalue weighted by Gasteiger charge is 2.09. The Bertz CT molecular complexity index is 1120. The maximum atomic E-state index is 13.8. The molecule has 3 aromatic carbocycles. The summed E-state index contributed by atoms with van der Waals surface area (Å²) in [4.78, 5) is 12.4. The number of nitrogens with one attached hydrogen (secondary N) is 1. The minimum atomic E-state index is -0.286. The Kier molecular flexibility index (Phi) is 6.24. The fourth-order valence-electron chi connectivity index (χ4n) is 2.89. The van der Waals surface area contributed by atoms with Crippen molar-refractivity contribution in [1.29, 1.82) is 0 Å². The van der Waals surface area contributed by atoms with E-state index in [0.717, 1.165) is 5.56 Å². The van der Waals surface area contributed by atoms with E-state index in [4.69, 9.17) is 5.73 Å². The van der Waals surface area contributed by atoms with Gasteiger partial charge in [0.25, 0.3) is 5.91 Å². The number of nitrogens with two attached hydrogens (primary N) is 1. The molecule has 6 heteroatoms. The van der Waals surface area contributed by atoms with Crippen molar-refractivity contribution in [1.82, 2.24) is 9.78 Å². The van der Waals surface area contributed by atoms with Gasteiger partial charge in [0, 0.05) is 11.8 Å². The number of halogens is 1. The second kappa shape index (κ2) is 9.01. The maximum Gasteiger partial charge on any atom is 0.255 e. The van der Waals surface area contributed by atoms with Crippen molar-refractivity contribution < 1.29 is 9.18 Å². The molecule has 1 amide bonds. The fourth-order valence-corrected chi connectivity index (χ4v) is 2.89. The summed E-state index contributed by atoms with van der Waals surface area (Å²) in [6, 6.07) is 19.1. The standard InChI is InChI=1S/C21H17FN4O.C2H6/c22-17-4-3-7-19-16(17)13-26(25-19)12-14-8-10-15(11-9-14)21(27)24-20-6-2-1-5-18(20)23;1-2/h1-11,13H,12,23H2,(H,24,27);1-2H3. The van der Waals surface area contributed by atoms with Gasteiger partial charge in [-0.25, -0.2) is 4.39 Å². The largest absolute Gasteiger partial charge is 0.397 e. The molecule has 0 aliphatic rings. The summed E-state index contributed by atoms with van der Waals surface area (Å²) in [6.07, 6.45) is 1.68. The Morgan fingerprint density at radius 2 is 1.76 bits per heavy atom. The summed E-state index contributed by atoms with van der Waals surface area (Å²) < 4.78 is 15.5. The molecule has 0 saturated carbocycles. The van der Waals surface area contributed by atoms with Crippen LogP contribution in [-0.4, -0.2) is 15.7 Å². The third-order valence-corrected chi connectivity index (χ3v) is 4.31. The number of rotatable bonds is 4. The summed E-state index contributed by atoms with van der Waals surface area (Å²) in [5, 5.41) is 7.67. The molecule has 5 nitrogen and oxygen atoms in total. The molecule has 3 N–H and O–H groups in total. The Hall–Kier alpha value is -3.67. The van der Waals surface area contributed by atoms with E-state index in [2.05, 4.69) is 10.4 Å². The van der Waals surface area contributed by atoms with Crippen molar-refractivity contribution in [2.24, 2.45) is 0 Å². The number of nitrogen functional groups attached to an aromatic ring is 1. The average molecular weight is 390 g/mol. The van der Waals surface area contributed by atoms with Crippen LogP contribution in [0.15, 0.2) is 72.9 Å². The van der Waals surface area contributed by atoms with Crippen molar-refractivity contribution >= 4 is 28.2 Å². The predicted molar refractivity (Wildman–Crippen MR) is 115 cm³/mol. The lowest BCUT2D eigenvalue weighted by Gasteiger charge is -2.08. The molecule has 0 spiro atoms. The molecule has 0 unspecified atom stereocenters. The number of carbonyl (C=O) groups excluding carboxylic acids is 1. The van der Waals surface area contributed by atoms with E-state index >= 15 is 0 Å². The van der Waals surface area contributed by atoms with Gasteiger partial charge in [-0.3, -0.25) is 9.48 Å². The summed E-state index contributed by atoms with van der Waals surface area (Å²) in [5.74, 6) is -0.516. The molecule has 0 radical (unpaired) electrons. The highest BCUT2D eigenvalue weighted by atomic mass is 19.1. The van der Waals surface area contributed by atoms with Crippen LogP contribution in [0, 0.1) is 5.82 Å². The van der Waals surface area contributed by atoms with Crippen molar-refractivity contribution in [2.75, 3.05) is 11.1 Å². The zero-order chi connectivity index (χ0) is 20.8. The van der Waals surface area contributed by atoms with Gasteiger partial charge in [0.05, 0.1) is 28.8 Å². The van der Waals surface area contributed by atoms with Gasteiger partial charge >= 0.3 is 0 Å². The van der Waals surface area contributed by atoms with E-state index in [-0.39, 0.29) is 11.7 Å². The van der Waals surface area contributed by atoms with E-state index < -0.39 is 0 Å². The van der Waals surface area contributed by atoms with Crippen LogP contribution in [0.2, 0.25) is 0 Å². The predicted octanol–water partition coefficient (Wildman–Crippen LogP) is 5.08. The number of aromatic nitrogens is 2. The minimum absolute atomic E-state index is 0.230. The number of hydrogen-bond acceptors (Lipinski definition) is 3. The summed E-state index contributed by atoms with van der Waals surface area (Å²) in [7, 11) is 0. The number of anilines is 2. The first kappa shape index (κ1) is 20.1. The van der Waals surface area contributed by atoms with Crippen LogP contribution in [0.5, 0.6) is 0 Å². The lowest BCUT2D eigenvalue weighted by Crippen LogP contribution is -2.13. The molecule has 0 atom stereocenters. The molecule has 1 aromatic heterocycles. The van der Waals surface area contributed by atoms with Crippen LogP contribution >= 0.6 is 0 Å². The lowest BCUT2D eigenvalue weighted by atomic mass is 10.1. The first-order valence-corrected chi connectivity index (χ1v) is 9.46. The third-order valence-electron chi connectivity index (χ3n) is 4.31. The highest BCUT2D eigenvalue weighted by Crippen LogP contribution is 2.19. The number of amides is 1. The summed E-state index contributed by atoms with van der Waals surface area (Å²) >= 11 is 0. The van der Waals surface area contributed by atoms with Gasteiger partial charge in [0.15, 0.2) is 0 Å². The number of hydrogen-bond donors (Lipinski definition) is 2. The summed E-state index contributed by atoms with van der Waals surface area (Å²) in [6.45, 7) is 4.49. The molecule has 0 bridgehead atoms. The summed E-state index contributed by atoms with van der Waals surface area (Å²) in [5.41, 5.74) is 9.04. The van der Waals surface area contributed by atoms with E-state index in [9.17, 15) is 9.18 Å². The first-order valence-electron chi connectivity index (χ1n) is 9.46. The number of fused-ring (bicyclic) bond motifs is 1. The molecular formula is C23H23FN4O. The lowest BCUT2D eigenvalue weighted by molar-refractivity contribution is 0.102. The number of carbonyl (C=O) groups is 1. The van der Waals surface area contributed by atoms with Crippen LogP contribution in [-0.2, 0) is 6.54 Å². The normalized spacial score (nSPS) is 10.3. The SMILES string of the molecule is CC.Nc1ccccc1NC(=O)c1ccc(Cn2cc3c(F)cccc3n2)cc1. The third kappa shape index (κ3) is 4.60. The zero-order valence-corrected chi connectivity index (χ0v) is 16.4. The Labute approximate surface area is 169 Å². The van der Waals surface area contributed by atoms with Gasteiger partial charge in [0.1, 0.15) is 5.82 Å². The van der Waals surface area contributed by atoms with Crippen molar-refractivity contribution in [3.63, 3.8) is 0 Å². The molecular weight excluding hydrogens is 367 g/mol. The van der Waals surface area contributed by atoms with E-state index in [1.165, 1.54) is 6.07 Å². The smallest absolute Gasteiger partial charge is 0.255 e. The maximum absolute atomic E-state index is 13.8. The molecule has 29 heavy (non-hydrogen) atoms. The Morgan fingerprint density at radius 3 is 2.45 bits per heavy atom. The van der Waals surface area contributed by atoms with Crippen LogP contribution in [0.4, 0.5) is 15.8 Å². The molecule has 4 aromatic rings. The van der Waals surface area contributed by atoms with Crippen LogP contribution in [0.25, 0.3) is 10.9 Å². The number of para-hydroxylation sites is 2. The molecule has 0 saturated heterocycles. The molecule has 1 heterocycles. The van der Waals surface area contributed by atoms with E-state index in [1.54, 1.807) is 47.3 Å². The number of nitrogens with zero attached hydrogens (tertiary/aromatic N) is 2. The van der Waals surface area contributed by atoms with Gasteiger partial charge < -0.3 is 11.1 Å². The van der Waals surface area contributed by atoms with Crippen molar-refractivity contribution in [3.8, 4) is 0 Å². The first-order chi connectivity index (χ1) is 14.1. The van der Waals surface area contributed by atoms with E-state index in [1.807, 2.05) is 38.1 Å². The average Bonchev–Trinajstić information content (AvgIpc) is 3.16. The second-order valence-corrected chi connectivity index (χ2v) is 6.24. The molecule has 4 rings (SSSR count). The number of benzene rings is 3. The van der Waals surface area contributed by atoms with Gasteiger partial charge in [-0.15, -0.1) is 0 Å². The van der Waals surface area contributed by atoms with Gasteiger partial charge in [0.2, 0.25) is 0 Å². The monoisotopic (exact) mass is 390 g/mol. The van der Waals surface area contributed by atoms with Gasteiger partial charge in [-0.1, -0.05) is 44.2 Å².